The average Bonchev–Trinajstić information content (AvgIpc) is 2.71. The van der Waals surface area contributed by atoms with Crippen molar-refractivity contribution < 1.29 is 24.2 Å². The lowest BCUT2D eigenvalue weighted by molar-refractivity contribution is -0.122. The lowest BCUT2D eigenvalue weighted by Gasteiger charge is -2.12. The van der Waals surface area contributed by atoms with E-state index >= 15 is 0 Å². The van der Waals surface area contributed by atoms with Crippen LogP contribution in [0.15, 0.2) is 46.0 Å². The molecule has 0 radical (unpaired) electrons. The highest BCUT2D eigenvalue weighted by Crippen LogP contribution is 2.35. The average molecular weight is 464 g/mol. The van der Waals surface area contributed by atoms with E-state index in [1.807, 2.05) is 0 Å². The Bertz CT molecular complexity index is 900. The summed E-state index contributed by atoms with van der Waals surface area (Å²) < 4.78 is 10.8. The van der Waals surface area contributed by atoms with Crippen LogP contribution in [0.25, 0.3) is 0 Å². The summed E-state index contributed by atoms with van der Waals surface area (Å²) in [6, 6.07) is 8.96. The van der Waals surface area contributed by atoms with Crippen LogP contribution < -0.4 is 20.2 Å². The lowest BCUT2D eigenvalue weighted by atomic mass is 10.2. The highest BCUT2D eigenvalue weighted by molar-refractivity contribution is 9.10. The molecule has 2 rings (SSSR count). The Morgan fingerprint density at radius 3 is 2.59 bits per heavy atom. The molecule has 0 aliphatic rings. The van der Waals surface area contributed by atoms with Gasteiger partial charge < -0.3 is 19.9 Å². The Morgan fingerprint density at radius 1 is 1.28 bits per heavy atom. The number of carbonyl (C=O) groups excluding carboxylic acids is 2. The van der Waals surface area contributed by atoms with Gasteiger partial charge in [0.2, 0.25) is 0 Å². The molecule has 0 bridgehead atoms. The topological polar surface area (TPSA) is 109 Å². The minimum absolute atomic E-state index is 0.0112. The first-order valence-electron chi connectivity index (χ1n) is 8.78. The number of halogens is 1. The maximum atomic E-state index is 12.2. The fourth-order valence-corrected chi connectivity index (χ4v) is 2.75. The van der Waals surface area contributed by atoms with Gasteiger partial charge in [0, 0.05) is 5.56 Å². The van der Waals surface area contributed by atoms with E-state index in [-0.39, 0.29) is 11.7 Å². The summed E-state index contributed by atoms with van der Waals surface area (Å²) in [5.41, 5.74) is 3.38. The molecule has 8 nitrogen and oxygen atoms in total. The van der Waals surface area contributed by atoms with E-state index < -0.39 is 11.9 Å². The Labute approximate surface area is 177 Å². The number of hydrogen-bond donors (Lipinski definition) is 3. The molecule has 0 saturated heterocycles. The summed E-state index contributed by atoms with van der Waals surface area (Å²) in [6.45, 7) is 3.75. The number of phenolic OH excluding ortho intramolecular Hbond substituents is 1. The summed E-state index contributed by atoms with van der Waals surface area (Å²) in [5.74, 6) is 0.0572. The monoisotopic (exact) mass is 463 g/mol. The number of benzene rings is 2. The van der Waals surface area contributed by atoms with Crippen molar-refractivity contribution in [1.82, 2.24) is 10.7 Å². The van der Waals surface area contributed by atoms with E-state index in [1.165, 1.54) is 13.3 Å². The van der Waals surface area contributed by atoms with Gasteiger partial charge in [-0.2, -0.15) is 5.10 Å². The molecule has 2 amide bonds. The van der Waals surface area contributed by atoms with Crippen molar-refractivity contribution in [3.63, 3.8) is 0 Å². The van der Waals surface area contributed by atoms with Crippen molar-refractivity contribution in [1.29, 1.82) is 0 Å². The van der Waals surface area contributed by atoms with Gasteiger partial charge in [-0.3, -0.25) is 9.59 Å². The van der Waals surface area contributed by atoms with E-state index in [2.05, 4.69) is 31.8 Å². The second kappa shape index (κ2) is 10.5. The summed E-state index contributed by atoms with van der Waals surface area (Å²) >= 11 is 3.23. The van der Waals surface area contributed by atoms with Crippen LogP contribution in [0.5, 0.6) is 17.2 Å². The Hall–Kier alpha value is -3.07. The standard InChI is InChI=1S/C20H22BrN3O5/c1-4-29-17-10-13(9-16(21)18(17)25)11-22-24-19(26)12(2)23-20(27)14-5-7-15(28-3)8-6-14/h5-12,25H,4H2,1-3H3,(H,23,27)(H,24,26). The molecule has 1 atom stereocenters. The molecular formula is C20H22BrN3O5. The normalized spacial score (nSPS) is 11.7. The predicted molar refractivity (Wildman–Crippen MR) is 113 cm³/mol. The minimum atomic E-state index is -0.799. The number of phenols is 1. The van der Waals surface area contributed by atoms with E-state index in [1.54, 1.807) is 50.2 Å². The largest absolute Gasteiger partial charge is 0.503 e. The van der Waals surface area contributed by atoms with Crippen molar-refractivity contribution in [2.75, 3.05) is 13.7 Å². The Morgan fingerprint density at radius 2 is 1.97 bits per heavy atom. The Balaban J connectivity index is 1.94. The first kappa shape index (κ1) is 22.2. The van der Waals surface area contributed by atoms with Gasteiger partial charge in [-0.1, -0.05) is 0 Å². The number of hydrazone groups is 1. The molecule has 0 saturated carbocycles. The number of hydrogen-bond acceptors (Lipinski definition) is 6. The molecular weight excluding hydrogens is 442 g/mol. The molecule has 0 aromatic heterocycles. The quantitative estimate of drug-likeness (QED) is 0.411. The molecule has 0 spiro atoms. The number of ether oxygens (including phenoxy) is 2. The van der Waals surface area contributed by atoms with Gasteiger partial charge >= 0.3 is 0 Å². The first-order chi connectivity index (χ1) is 13.8. The van der Waals surface area contributed by atoms with Crippen LogP contribution in [0.2, 0.25) is 0 Å². The number of rotatable bonds is 8. The molecule has 3 N–H and O–H groups in total. The zero-order chi connectivity index (χ0) is 21.4. The molecule has 29 heavy (non-hydrogen) atoms. The fraction of sp³-hybridized carbons (Fsp3) is 0.250. The van der Waals surface area contributed by atoms with Crippen molar-refractivity contribution in [3.8, 4) is 17.2 Å². The molecule has 0 aliphatic heterocycles. The molecule has 0 heterocycles. The number of methoxy groups -OCH3 is 1. The van der Waals surface area contributed by atoms with E-state index in [0.717, 1.165) is 0 Å². The van der Waals surface area contributed by atoms with E-state index in [0.29, 0.717) is 33.7 Å². The fourth-order valence-electron chi connectivity index (χ4n) is 2.29. The van der Waals surface area contributed by atoms with Crippen molar-refractivity contribution in [2.24, 2.45) is 5.10 Å². The van der Waals surface area contributed by atoms with Gasteiger partial charge in [-0.05, 0) is 71.7 Å². The van der Waals surface area contributed by atoms with Gasteiger partial charge in [0.25, 0.3) is 11.8 Å². The lowest BCUT2D eigenvalue weighted by Crippen LogP contribution is -2.43. The zero-order valence-electron chi connectivity index (χ0n) is 16.2. The summed E-state index contributed by atoms with van der Waals surface area (Å²) in [4.78, 5) is 24.4. The maximum Gasteiger partial charge on any atom is 0.262 e. The third-order valence-electron chi connectivity index (χ3n) is 3.83. The predicted octanol–water partition coefficient (Wildman–Crippen LogP) is 2.83. The highest BCUT2D eigenvalue weighted by Gasteiger charge is 2.16. The van der Waals surface area contributed by atoms with Gasteiger partial charge in [-0.15, -0.1) is 0 Å². The van der Waals surface area contributed by atoms with Crippen LogP contribution in [-0.4, -0.2) is 42.9 Å². The molecule has 9 heteroatoms. The first-order valence-corrected chi connectivity index (χ1v) is 9.58. The number of amides is 2. The SMILES string of the molecule is CCOc1cc(C=NNC(=O)C(C)NC(=O)c2ccc(OC)cc2)cc(Br)c1O. The van der Waals surface area contributed by atoms with Crippen molar-refractivity contribution >= 4 is 34.0 Å². The third kappa shape index (κ3) is 6.21. The van der Waals surface area contributed by atoms with Crippen molar-refractivity contribution in [2.45, 2.75) is 19.9 Å². The van der Waals surface area contributed by atoms with Crippen LogP contribution in [0, 0.1) is 0 Å². The highest BCUT2D eigenvalue weighted by atomic mass is 79.9. The summed E-state index contributed by atoms with van der Waals surface area (Å²) in [6.07, 6.45) is 1.41. The van der Waals surface area contributed by atoms with E-state index in [4.69, 9.17) is 9.47 Å². The number of nitrogens with one attached hydrogen (secondary N) is 2. The Kier molecular flexibility index (Phi) is 8.02. The van der Waals surface area contributed by atoms with Crippen LogP contribution in [0.4, 0.5) is 0 Å². The summed E-state index contributed by atoms with van der Waals surface area (Å²) in [5, 5.41) is 16.4. The second-order valence-electron chi connectivity index (χ2n) is 5.94. The molecule has 2 aromatic carbocycles. The number of nitrogens with zero attached hydrogens (tertiary/aromatic N) is 1. The molecule has 0 aliphatic carbocycles. The maximum absolute atomic E-state index is 12.2. The second-order valence-corrected chi connectivity index (χ2v) is 6.79. The summed E-state index contributed by atoms with van der Waals surface area (Å²) in [7, 11) is 1.54. The van der Waals surface area contributed by atoms with Gasteiger partial charge in [-0.25, -0.2) is 5.43 Å². The third-order valence-corrected chi connectivity index (χ3v) is 4.44. The molecule has 154 valence electrons. The van der Waals surface area contributed by atoms with E-state index in [9.17, 15) is 14.7 Å². The molecule has 2 aromatic rings. The van der Waals surface area contributed by atoms with Crippen LogP contribution in [0.1, 0.15) is 29.8 Å². The number of carbonyl (C=O) groups is 2. The van der Waals surface area contributed by atoms with Gasteiger partial charge in [0.15, 0.2) is 11.5 Å². The van der Waals surface area contributed by atoms with Crippen LogP contribution >= 0.6 is 15.9 Å². The van der Waals surface area contributed by atoms with Crippen LogP contribution in [-0.2, 0) is 4.79 Å². The zero-order valence-corrected chi connectivity index (χ0v) is 17.8. The number of aromatic hydroxyl groups is 1. The smallest absolute Gasteiger partial charge is 0.262 e. The van der Waals surface area contributed by atoms with Gasteiger partial charge in [0.1, 0.15) is 11.8 Å². The van der Waals surface area contributed by atoms with Crippen molar-refractivity contribution in [3.05, 3.63) is 52.0 Å². The minimum Gasteiger partial charge on any atom is -0.503 e. The molecule has 0 fully saturated rings. The van der Waals surface area contributed by atoms with Crippen LogP contribution in [0.3, 0.4) is 0 Å². The van der Waals surface area contributed by atoms with Gasteiger partial charge in [0.05, 0.1) is 24.4 Å². The molecule has 1 unspecified atom stereocenters.